The first-order valence-electron chi connectivity index (χ1n) is 6.16. The normalized spacial score (nSPS) is 27.6. The first kappa shape index (κ1) is 12.9. The van der Waals surface area contributed by atoms with Crippen molar-refractivity contribution < 1.29 is 10.2 Å². The molecule has 0 aromatic rings. The van der Waals surface area contributed by atoms with E-state index < -0.39 is 0 Å². The van der Waals surface area contributed by atoms with Gasteiger partial charge in [0, 0.05) is 19.2 Å². The van der Waals surface area contributed by atoms with Crippen molar-refractivity contribution in [1.29, 1.82) is 0 Å². The average molecular weight is 215 g/mol. The van der Waals surface area contributed by atoms with Gasteiger partial charge in [-0.3, -0.25) is 4.90 Å². The lowest BCUT2D eigenvalue weighted by Gasteiger charge is -2.37. The van der Waals surface area contributed by atoms with E-state index in [2.05, 4.69) is 11.8 Å². The largest absolute Gasteiger partial charge is 0.396 e. The maximum absolute atomic E-state index is 9.44. The quantitative estimate of drug-likeness (QED) is 0.725. The molecule has 0 aromatic heterocycles. The zero-order chi connectivity index (χ0) is 11.3. The van der Waals surface area contributed by atoms with E-state index in [1.165, 1.54) is 19.3 Å². The van der Waals surface area contributed by atoms with Crippen molar-refractivity contribution in [2.75, 3.05) is 19.7 Å². The third kappa shape index (κ3) is 4.49. The van der Waals surface area contributed by atoms with Gasteiger partial charge in [-0.2, -0.15) is 0 Å². The number of piperidine rings is 1. The molecule has 1 aliphatic heterocycles. The molecule has 0 amide bonds. The minimum atomic E-state index is -0.208. The van der Waals surface area contributed by atoms with E-state index in [-0.39, 0.29) is 12.7 Å². The topological polar surface area (TPSA) is 43.7 Å². The average Bonchev–Trinajstić information content (AvgIpc) is 2.20. The molecule has 0 aromatic carbocycles. The molecular weight excluding hydrogens is 190 g/mol. The van der Waals surface area contributed by atoms with Gasteiger partial charge in [0.2, 0.25) is 0 Å². The van der Waals surface area contributed by atoms with E-state index in [0.29, 0.717) is 12.0 Å². The van der Waals surface area contributed by atoms with Gasteiger partial charge in [0.15, 0.2) is 0 Å². The summed E-state index contributed by atoms with van der Waals surface area (Å²) in [5.41, 5.74) is 0. The van der Waals surface area contributed by atoms with Crippen LogP contribution in [0.15, 0.2) is 0 Å². The lowest BCUT2D eigenvalue weighted by Crippen LogP contribution is -2.43. The summed E-state index contributed by atoms with van der Waals surface area (Å²) in [5.74, 6) is 0.347. The van der Waals surface area contributed by atoms with Crippen LogP contribution in [0.3, 0.4) is 0 Å². The Hall–Kier alpha value is -0.120. The van der Waals surface area contributed by atoms with Gasteiger partial charge in [0.1, 0.15) is 0 Å². The standard InChI is InChI=1S/C12H25NO2/c1-10(9-14)8-13-6-4-3-5-12(13)7-11(2)15/h10-12,14-15H,3-9H2,1-2H3. The molecule has 0 spiro atoms. The molecular formula is C12H25NO2. The van der Waals surface area contributed by atoms with Crippen molar-refractivity contribution >= 4 is 0 Å². The van der Waals surface area contributed by atoms with E-state index in [1.54, 1.807) is 0 Å². The minimum Gasteiger partial charge on any atom is -0.396 e. The van der Waals surface area contributed by atoms with E-state index >= 15 is 0 Å². The van der Waals surface area contributed by atoms with Crippen LogP contribution in [-0.4, -0.2) is 47.0 Å². The summed E-state index contributed by atoms with van der Waals surface area (Å²) in [4.78, 5) is 2.44. The van der Waals surface area contributed by atoms with Gasteiger partial charge >= 0.3 is 0 Å². The lowest BCUT2D eigenvalue weighted by atomic mass is 9.96. The Bertz CT molecular complexity index is 173. The molecule has 3 heteroatoms. The molecule has 3 unspecified atom stereocenters. The fraction of sp³-hybridized carbons (Fsp3) is 1.00. The number of aliphatic hydroxyl groups is 2. The van der Waals surface area contributed by atoms with Crippen LogP contribution in [0, 0.1) is 5.92 Å². The fourth-order valence-corrected chi connectivity index (χ4v) is 2.42. The van der Waals surface area contributed by atoms with Gasteiger partial charge in [-0.25, -0.2) is 0 Å². The Morgan fingerprint density at radius 1 is 1.33 bits per heavy atom. The Morgan fingerprint density at radius 3 is 2.67 bits per heavy atom. The fourth-order valence-electron chi connectivity index (χ4n) is 2.42. The van der Waals surface area contributed by atoms with Crippen LogP contribution in [0.5, 0.6) is 0 Å². The van der Waals surface area contributed by atoms with Crippen molar-refractivity contribution in [3.63, 3.8) is 0 Å². The van der Waals surface area contributed by atoms with Crippen LogP contribution in [-0.2, 0) is 0 Å². The summed E-state index contributed by atoms with van der Waals surface area (Å²) in [7, 11) is 0. The second-order valence-corrected chi connectivity index (χ2v) is 5.02. The maximum Gasteiger partial charge on any atom is 0.0527 e. The van der Waals surface area contributed by atoms with Crippen molar-refractivity contribution in [3.8, 4) is 0 Å². The van der Waals surface area contributed by atoms with Crippen LogP contribution in [0.25, 0.3) is 0 Å². The minimum absolute atomic E-state index is 0.208. The summed E-state index contributed by atoms with van der Waals surface area (Å²) in [5, 5.41) is 18.5. The van der Waals surface area contributed by atoms with Gasteiger partial charge in [-0.05, 0) is 38.6 Å². The molecule has 0 radical (unpaired) electrons. The van der Waals surface area contributed by atoms with Crippen molar-refractivity contribution in [1.82, 2.24) is 4.90 Å². The second-order valence-electron chi connectivity index (χ2n) is 5.02. The Labute approximate surface area is 93.1 Å². The van der Waals surface area contributed by atoms with Gasteiger partial charge < -0.3 is 10.2 Å². The van der Waals surface area contributed by atoms with Crippen LogP contribution < -0.4 is 0 Å². The SMILES string of the molecule is CC(O)CC1CCCCN1CC(C)CO. The number of rotatable bonds is 5. The molecule has 1 fully saturated rings. The van der Waals surface area contributed by atoms with E-state index in [4.69, 9.17) is 5.11 Å². The third-order valence-electron chi connectivity index (χ3n) is 3.22. The van der Waals surface area contributed by atoms with Crippen LogP contribution in [0.1, 0.15) is 39.5 Å². The molecule has 1 heterocycles. The summed E-state index contributed by atoms with van der Waals surface area (Å²) in [6, 6.07) is 0.521. The predicted molar refractivity (Wildman–Crippen MR) is 61.8 cm³/mol. The van der Waals surface area contributed by atoms with Crippen LogP contribution in [0.2, 0.25) is 0 Å². The van der Waals surface area contributed by atoms with E-state index in [9.17, 15) is 5.11 Å². The monoisotopic (exact) mass is 215 g/mol. The second kappa shape index (κ2) is 6.46. The molecule has 0 saturated carbocycles. The highest BCUT2D eigenvalue weighted by Crippen LogP contribution is 2.21. The smallest absolute Gasteiger partial charge is 0.0527 e. The molecule has 90 valence electrons. The molecule has 3 atom stereocenters. The molecule has 2 N–H and O–H groups in total. The number of nitrogens with zero attached hydrogens (tertiary/aromatic N) is 1. The highest BCUT2D eigenvalue weighted by atomic mass is 16.3. The molecule has 15 heavy (non-hydrogen) atoms. The number of likely N-dealkylation sites (tertiary alicyclic amines) is 1. The zero-order valence-electron chi connectivity index (χ0n) is 10.0. The lowest BCUT2D eigenvalue weighted by molar-refractivity contribution is 0.0677. The molecule has 0 bridgehead atoms. The summed E-state index contributed by atoms with van der Waals surface area (Å²) >= 11 is 0. The number of hydrogen-bond acceptors (Lipinski definition) is 3. The molecule has 1 aliphatic rings. The summed E-state index contributed by atoms with van der Waals surface area (Å²) < 4.78 is 0. The van der Waals surface area contributed by atoms with Crippen molar-refractivity contribution in [2.45, 2.75) is 51.7 Å². The van der Waals surface area contributed by atoms with Gasteiger partial charge in [-0.1, -0.05) is 13.3 Å². The Balaban J connectivity index is 2.42. The maximum atomic E-state index is 9.44. The van der Waals surface area contributed by atoms with Gasteiger partial charge in [0.25, 0.3) is 0 Å². The Morgan fingerprint density at radius 2 is 2.07 bits per heavy atom. The van der Waals surface area contributed by atoms with E-state index in [1.807, 2.05) is 6.92 Å². The number of aliphatic hydroxyl groups excluding tert-OH is 2. The predicted octanol–water partition coefficient (Wildman–Crippen LogP) is 1.24. The Kier molecular flexibility index (Phi) is 5.58. The molecule has 3 nitrogen and oxygen atoms in total. The first-order valence-corrected chi connectivity index (χ1v) is 6.16. The van der Waals surface area contributed by atoms with E-state index in [0.717, 1.165) is 19.5 Å². The third-order valence-corrected chi connectivity index (χ3v) is 3.22. The molecule has 0 aliphatic carbocycles. The van der Waals surface area contributed by atoms with Gasteiger partial charge in [0.05, 0.1) is 6.10 Å². The number of hydrogen-bond donors (Lipinski definition) is 2. The van der Waals surface area contributed by atoms with Crippen molar-refractivity contribution in [2.24, 2.45) is 5.92 Å². The molecule has 1 saturated heterocycles. The summed E-state index contributed by atoms with van der Waals surface area (Å²) in [6.45, 7) is 6.30. The molecule has 1 rings (SSSR count). The summed E-state index contributed by atoms with van der Waals surface area (Å²) in [6.07, 6.45) is 4.40. The highest BCUT2D eigenvalue weighted by molar-refractivity contribution is 4.79. The van der Waals surface area contributed by atoms with Crippen LogP contribution >= 0.6 is 0 Å². The van der Waals surface area contributed by atoms with Crippen molar-refractivity contribution in [3.05, 3.63) is 0 Å². The first-order chi connectivity index (χ1) is 7.13. The van der Waals surface area contributed by atoms with Crippen LogP contribution in [0.4, 0.5) is 0 Å². The van der Waals surface area contributed by atoms with Gasteiger partial charge in [-0.15, -0.1) is 0 Å². The highest BCUT2D eigenvalue weighted by Gasteiger charge is 2.24. The zero-order valence-corrected chi connectivity index (χ0v) is 10.0.